The van der Waals surface area contributed by atoms with E-state index in [1.807, 2.05) is 42.5 Å². The van der Waals surface area contributed by atoms with E-state index in [-0.39, 0.29) is 12.4 Å². The normalized spacial score (nSPS) is 10.7. The van der Waals surface area contributed by atoms with Crippen molar-refractivity contribution in [3.8, 4) is 5.75 Å². The number of hydrogen-bond acceptors (Lipinski definition) is 5. The molecule has 0 fully saturated rings. The van der Waals surface area contributed by atoms with Gasteiger partial charge in [0.05, 0.1) is 12.3 Å². The zero-order chi connectivity index (χ0) is 18.5. The third-order valence-electron chi connectivity index (χ3n) is 3.89. The van der Waals surface area contributed by atoms with E-state index in [9.17, 15) is 10.2 Å². The lowest BCUT2D eigenvalue weighted by Gasteiger charge is -2.14. The van der Waals surface area contributed by atoms with Gasteiger partial charge in [0.15, 0.2) is 0 Å². The molecule has 0 heterocycles. The summed E-state index contributed by atoms with van der Waals surface area (Å²) in [6, 6.07) is 18.7. The van der Waals surface area contributed by atoms with Gasteiger partial charge in [-0.15, -0.1) is 0 Å². The van der Waals surface area contributed by atoms with Gasteiger partial charge < -0.3 is 21.3 Å². The number of nitrogens with one attached hydrogen (secondary N) is 1. The molecule has 0 spiro atoms. The minimum atomic E-state index is -0.211. The van der Waals surface area contributed by atoms with Gasteiger partial charge in [-0.05, 0) is 54.1 Å². The topological polar surface area (TPSA) is 78.5 Å². The van der Waals surface area contributed by atoms with E-state index in [1.54, 1.807) is 30.0 Å². The zero-order valence-corrected chi connectivity index (χ0v) is 15.5. The third kappa shape index (κ3) is 4.43. The highest BCUT2D eigenvalue weighted by atomic mass is 35.5. The molecule has 0 unspecified atom stereocenters. The number of rotatable bonds is 6. The Morgan fingerprint density at radius 1 is 1.00 bits per heavy atom. The number of nitrogen functional groups attached to an aromatic ring is 1. The molecule has 26 heavy (non-hydrogen) atoms. The lowest BCUT2D eigenvalue weighted by Crippen LogP contribution is -2.03. The van der Waals surface area contributed by atoms with Crippen molar-refractivity contribution < 1.29 is 10.2 Å². The maximum atomic E-state index is 10.2. The van der Waals surface area contributed by atoms with Crippen molar-refractivity contribution in [3.63, 3.8) is 0 Å². The van der Waals surface area contributed by atoms with Crippen LogP contribution >= 0.6 is 23.4 Å². The molecule has 3 rings (SSSR count). The molecule has 0 aliphatic carbocycles. The van der Waals surface area contributed by atoms with Crippen molar-refractivity contribution in [2.45, 2.75) is 22.9 Å². The minimum Gasteiger partial charge on any atom is -0.505 e. The minimum absolute atomic E-state index is 0.0609. The molecule has 3 aromatic rings. The molecule has 0 saturated heterocycles. The predicted molar refractivity (Wildman–Crippen MR) is 108 cm³/mol. The number of benzene rings is 3. The van der Waals surface area contributed by atoms with Gasteiger partial charge in [0.1, 0.15) is 5.75 Å². The molecule has 134 valence electrons. The number of aliphatic hydroxyl groups is 1. The van der Waals surface area contributed by atoms with Crippen LogP contribution in [0.15, 0.2) is 70.5 Å². The molecular weight excluding hydrogens is 368 g/mol. The Labute approximate surface area is 161 Å². The highest BCUT2D eigenvalue weighted by molar-refractivity contribution is 7.99. The number of hydrogen-bond donors (Lipinski definition) is 4. The third-order valence-corrected chi connectivity index (χ3v) is 5.26. The highest BCUT2D eigenvalue weighted by Gasteiger charge is 2.09. The van der Waals surface area contributed by atoms with Gasteiger partial charge in [-0.1, -0.05) is 35.5 Å². The predicted octanol–water partition coefficient (Wildman–Crippen LogP) is 4.88. The van der Waals surface area contributed by atoms with Gasteiger partial charge >= 0.3 is 0 Å². The summed E-state index contributed by atoms with van der Waals surface area (Å²) < 4.78 is 0. The van der Waals surface area contributed by atoms with Crippen LogP contribution in [0.2, 0.25) is 5.02 Å². The van der Waals surface area contributed by atoms with E-state index in [0.717, 1.165) is 15.4 Å². The molecule has 3 aromatic carbocycles. The number of anilines is 2. The number of aliphatic hydroxyl groups excluding tert-OH is 1. The lowest BCUT2D eigenvalue weighted by molar-refractivity contribution is 0.276. The Morgan fingerprint density at radius 2 is 1.77 bits per heavy atom. The standard InChI is InChI=1S/C20H19ClN2O2S/c21-15-4-7-17(8-5-15)26-19-9-6-16(22)10-14(19)11-23-18-3-1-2-13(12-24)20(18)25/h1-10,23-25H,11-12,22H2. The van der Waals surface area contributed by atoms with Crippen LogP contribution in [-0.4, -0.2) is 10.2 Å². The van der Waals surface area contributed by atoms with Gasteiger partial charge in [-0.25, -0.2) is 0 Å². The summed E-state index contributed by atoms with van der Waals surface area (Å²) >= 11 is 7.57. The molecule has 5 N–H and O–H groups in total. The Balaban J connectivity index is 1.81. The molecule has 0 aliphatic heterocycles. The largest absolute Gasteiger partial charge is 0.505 e. The summed E-state index contributed by atoms with van der Waals surface area (Å²) in [6.45, 7) is 0.278. The second kappa shape index (κ2) is 8.36. The van der Waals surface area contributed by atoms with Crippen LogP contribution in [0.4, 0.5) is 11.4 Å². The van der Waals surface area contributed by atoms with Crippen LogP contribution in [0.3, 0.4) is 0 Å². The van der Waals surface area contributed by atoms with E-state index in [0.29, 0.717) is 28.5 Å². The van der Waals surface area contributed by atoms with Gasteiger partial charge in [-0.2, -0.15) is 0 Å². The van der Waals surface area contributed by atoms with Crippen molar-refractivity contribution >= 4 is 34.7 Å². The Kier molecular flexibility index (Phi) is 5.93. The summed E-state index contributed by atoms with van der Waals surface area (Å²) in [5.74, 6) is 0.0609. The SMILES string of the molecule is Nc1ccc(Sc2ccc(Cl)cc2)c(CNc2cccc(CO)c2O)c1. The van der Waals surface area contributed by atoms with Crippen LogP contribution in [0.1, 0.15) is 11.1 Å². The molecule has 6 heteroatoms. The first-order valence-corrected chi connectivity index (χ1v) is 9.23. The van der Waals surface area contributed by atoms with Crippen LogP contribution in [-0.2, 0) is 13.2 Å². The van der Waals surface area contributed by atoms with Crippen LogP contribution in [0, 0.1) is 0 Å². The van der Waals surface area contributed by atoms with Crippen molar-refractivity contribution in [1.29, 1.82) is 0 Å². The molecule has 4 nitrogen and oxygen atoms in total. The second-order valence-electron chi connectivity index (χ2n) is 5.75. The highest BCUT2D eigenvalue weighted by Crippen LogP contribution is 2.34. The van der Waals surface area contributed by atoms with Crippen molar-refractivity contribution in [2.24, 2.45) is 0 Å². The van der Waals surface area contributed by atoms with Crippen LogP contribution in [0.25, 0.3) is 0 Å². The molecular formula is C20H19ClN2O2S. The fourth-order valence-electron chi connectivity index (χ4n) is 2.52. The smallest absolute Gasteiger partial charge is 0.144 e. The molecule has 0 amide bonds. The van der Waals surface area contributed by atoms with Crippen molar-refractivity contribution in [2.75, 3.05) is 11.1 Å². The average Bonchev–Trinajstić information content (AvgIpc) is 2.64. The van der Waals surface area contributed by atoms with Gasteiger partial charge in [0.2, 0.25) is 0 Å². The summed E-state index contributed by atoms with van der Waals surface area (Å²) in [4.78, 5) is 2.14. The molecule has 0 aromatic heterocycles. The Morgan fingerprint density at radius 3 is 2.50 bits per heavy atom. The summed E-state index contributed by atoms with van der Waals surface area (Å²) in [5, 5.41) is 23.4. The fraction of sp³-hybridized carbons (Fsp3) is 0.100. The number of aromatic hydroxyl groups is 1. The summed E-state index contributed by atoms with van der Waals surface area (Å²) in [6.07, 6.45) is 0. The van der Waals surface area contributed by atoms with E-state index in [1.165, 1.54) is 0 Å². The monoisotopic (exact) mass is 386 g/mol. The van der Waals surface area contributed by atoms with E-state index < -0.39 is 0 Å². The molecule has 0 saturated carbocycles. The Bertz CT molecular complexity index is 901. The summed E-state index contributed by atoms with van der Waals surface area (Å²) in [5.41, 5.74) is 8.69. The lowest BCUT2D eigenvalue weighted by atomic mass is 10.1. The van der Waals surface area contributed by atoms with Gasteiger partial charge in [0, 0.05) is 32.6 Å². The number of halogens is 1. The maximum absolute atomic E-state index is 10.2. The van der Waals surface area contributed by atoms with Gasteiger partial charge in [-0.3, -0.25) is 0 Å². The quantitative estimate of drug-likeness (QED) is 0.358. The van der Waals surface area contributed by atoms with Gasteiger partial charge in [0.25, 0.3) is 0 Å². The number of phenols is 1. The number of para-hydroxylation sites is 1. The maximum Gasteiger partial charge on any atom is 0.144 e. The van der Waals surface area contributed by atoms with Crippen molar-refractivity contribution in [1.82, 2.24) is 0 Å². The molecule has 0 atom stereocenters. The fourth-order valence-corrected chi connectivity index (χ4v) is 3.57. The van der Waals surface area contributed by atoms with Crippen molar-refractivity contribution in [3.05, 3.63) is 76.8 Å². The van der Waals surface area contributed by atoms with E-state index in [2.05, 4.69) is 5.32 Å². The summed E-state index contributed by atoms with van der Waals surface area (Å²) in [7, 11) is 0. The van der Waals surface area contributed by atoms with E-state index in [4.69, 9.17) is 17.3 Å². The average molecular weight is 387 g/mol. The number of nitrogens with two attached hydrogens (primary N) is 1. The van der Waals surface area contributed by atoms with E-state index >= 15 is 0 Å². The van der Waals surface area contributed by atoms with Crippen LogP contribution in [0.5, 0.6) is 5.75 Å². The Hall–Kier alpha value is -2.34. The second-order valence-corrected chi connectivity index (χ2v) is 7.30. The first kappa shape index (κ1) is 18.5. The zero-order valence-electron chi connectivity index (χ0n) is 13.9. The molecule has 0 aliphatic rings. The molecule has 0 radical (unpaired) electrons. The first-order valence-electron chi connectivity index (χ1n) is 8.04. The molecule has 0 bridgehead atoms. The van der Waals surface area contributed by atoms with Crippen LogP contribution < -0.4 is 11.1 Å². The first-order chi connectivity index (χ1) is 12.6.